The van der Waals surface area contributed by atoms with Crippen molar-refractivity contribution < 1.29 is 18.7 Å². The van der Waals surface area contributed by atoms with Crippen molar-refractivity contribution >= 4 is 5.97 Å². The van der Waals surface area contributed by atoms with Gasteiger partial charge in [-0.3, -0.25) is 0 Å². The van der Waals surface area contributed by atoms with Crippen LogP contribution in [0.25, 0.3) is 0 Å². The number of halogens is 1. The summed E-state index contributed by atoms with van der Waals surface area (Å²) in [6.07, 6.45) is -0.368. The van der Waals surface area contributed by atoms with Crippen LogP contribution >= 0.6 is 0 Å². The van der Waals surface area contributed by atoms with Crippen LogP contribution in [0.1, 0.15) is 24.2 Å². The van der Waals surface area contributed by atoms with Crippen molar-refractivity contribution in [3.63, 3.8) is 0 Å². The van der Waals surface area contributed by atoms with Crippen LogP contribution in [-0.2, 0) is 9.47 Å². The molecular formula is C14H17FO3. The highest BCUT2D eigenvalue weighted by molar-refractivity contribution is 5.89. The predicted molar refractivity (Wildman–Crippen MR) is 65.1 cm³/mol. The largest absolute Gasteiger partial charge is 0.459 e. The number of ether oxygens (including phenoxy) is 2. The van der Waals surface area contributed by atoms with Gasteiger partial charge in [-0.05, 0) is 19.1 Å². The number of rotatable bonds is 3. The summed E-state index contributed by atoms with van der Waals surface area (Å²) < 4.78 is 24.3. The smallest absolute Gasteiger partial charge is 0.338 e. The van der Waals surface area contributed by atoms with Gasteiger partial charge in [-0.2, -0.15) is 0 Å². The molecule has 1 saturated heterocycles. The van der Waals surface area contributed by atoms with Gasteiger partial charge in [0.15, 0.2) is 0 Å². The Kier molecular flexibility index (Phi) is 3.66. The number of esters is 1. The fraction of sp³-hybridized carbons (Fsp3) is 0.500. The average Bonchev–Trinajstić information content (AvgIpc) is 2.63. The minimum Gasteiger partial charge on any atom is -0.459 e. The van der Waals surface area contributed by atoms with Crippen LogP contribution in [0.4, 0.5) is 4.39 Å². The summed E-state index contributed by atoms with van der Waals surface area (Å²) in [5, 5.41) is 0. The first kappa shape index (κ1) is 13.0. The Bertz CT molecular complexity index is 416. The molecule has 1 aromatic carbocycles. The molecule has 1 aromatic rings. The van der Waals surface area contributed by atoms with Crippen LogP contribution in [0.15, 0.2) is 30.3 Å². The Hall–Kier alpha value is -1.42. The highest BCUT2D eigenvalue weighted by Gasteiger charge is 2.44. The van der Waals surface area contributed by atoms with E-state index in [9.17, 15) is 9.18 Å². The molecule has 4 heteroatoms. The molecule has 1 aliphatic heterocycles. The van der Waals surface area contributed by atoms with Gasteiger partial charge in [0.05, 0.1) is 18.3 Å². The van der Waals surface area contributed by atoms with Crippen LogP contribution < -0.4 is 0 Å². The molecule has 0 saturated carbocycles. The molecule has 0 N–H and O–H groups in total. The standard InChI is InChI=1S/C14H17FO3/c1-10-12(18-9-14(10,2)15)8-17-13(16)11-6-4-3-5-7-11/h3-7,10,12H,8-9H2,1-2H3. The number of carbonyl (C=O) groups excluding carboxylic acids is 1. The second-order valence-corrected chi connectivity index (χ2v) is 4.88. The van der Waals surface area contributed by atoms with Crippen molar-refractivity contribution in [1.29, 1.82) is 0 Å². The summed E-state index contributed by atoms with van der Waals surface area (Å²) >= 11 is 0. The molecule has 2 rings (SSSR count). The lowest BCUT2D eigenvalue weighted by Gasteiger charge is -2.20. The Morgan fingerprint density at radius 2 is 2.17 bits per heavy atom. The lowest BCUT2D eigenvalue weighted by molar-refractivity contribution is 0.00793. The molecule has 0 bridgehead atoms. The van der Waals surface area contributed by atoms with Gasteiger partial charge in [-0.15, -0.1) is 0 Å². The second-order valence-electron chi connectivity index (χ2n) is 4.88. The van der Waals surface area contributed by atoms with Gasteiger partial charge in [0.25, 0.3) is 0 Å². The van der Waals surface area contributed by atoms with Crippen LogP contribution in [0.3, 0.4) is 0 Å². The van der Waals surface area contributed by atoms with E-state index >= 15 is 0 Å². The zero-order valence-corrected chi connectivity index (χ0v) is 10.6. The minimum atomic E-state index is -1.34. The highest BCUT2D eigenvalue weighted by atomic mass is 19.1. The van der Waals surface area contributed by atoms with E-state index in [2.05, 4.69) is 0 Å². The van der Waals surface area contributed by atoms with Crippen LogP contribution in [-0.4, -0.2) is 31.0 Å². The van der Waals surface area contributed by atoms with Crippen molar-refractivity contribution in [3.05, 3.63) is 35.9 Å². The van der Waals surface area contributed by atoms with Crippen LogP contribution in [0, 0.1) is 5.92 Å². The summed E-state index contributed by atoms with van der Waals surface area (Å²) in [7, 11) is 0. The summed E-state index contributed by atoms with van der Waals surface area (Å²) in [6, 6.07) is 8.72. The predicted octanol–water partition coefficient (Wildman–Crippen LogP) is 2.61. The summed E-state index contributed by atoms with van der Waals surface area (Å²) in [6.45, 7) is 3.43. The maximum Gasteiger partial charge on any atom is 0.338 e. The Morgan fingerprint density at radius 3 is 2.72 bits per heavy atom. The fourth-order valence-electron chi connectivity index (χ4n) is 1.94. The molecule has 18 heavy (non-hydrogen) atoms. The Labute approximate surface area is 106 Å². The summed E-state index contributed by atoms with van der Waals surface area (Å²) in [5.74, 6) is -0.681. The van der Waals surface area contributed by atoms with E-state index in [0.717, 1.165) is 0 Å². The normalized spacial score (nSPS) is 31.3. The van der Waals surface area contributed by atoms with E-state index in [1.807, 2.05) is 6.07 Å². The van der Waals surface area contributed by atoms with Gasteiger partial charge in [-0.1, -0.05) is 25.1 Å². The number of benzene rings is 1. The third kappa shape index (κ3) is 2.70. The SMILES string of the molecule is CC1C(COC(=O)c2ccccc2)OCC1(C)F. The maximum atomic E-state index is 13.8. The minimum absolute atomic E-state index is 0.0573. The van der Waals surface area contributed by atoms with Crippen molar-refractivity contribution in [3.8, 4) is 0 Å². The second kappa shape index (κ2) is 5.06. The van der Waals surface area contributed by atoms with E-state index in [4.69, 9.17) is 9.47 Å². The first-order valence-electron chi connectivity index (χ1n) is 6.03. The van der Waals surface area contributed by atoms with Gasteiger partial charge >= 0.3 is 5.97 Å². The van der Waals surface area contributed by atoms with Gasteiger partial charge in [-0.25, -0.2) is 9.18 Å². The van der Waals surface area contributed by atoms with E-state index in [1.54, 1.807) is 31.2 Å². The van der Waals surface area contributed by atoms with Crippen molar-refractivity contribution in [2.75, 3.05) is 13.2 Å². The summed E-state index contributed by atoms with van der Waals surface area (Å²) in [5.41, 5.74) is -0.852. The van der Waals surface area contributed by atoms with Crippen LogP contribution in [0.5, 0.6) is 0 Å². The molecule has 98 valence electrons. The maximum absolute atomic E-state index is 13.8. The lowest BCUT2D eigenvalue weighted by atomic mass is 9.92. The molecule has 3 atom stereocenters. The molecule has 0 aliphatic carbocycles. The third-order valence-electron chi connectivity index (χ3n) is 3.47. The quantitative estimate of drug-likeness (QED) is 0.776. The Morgan fingerprint density at radius 1 is 1.50 bits per heavy atom. The lowest BCUT2D eigenvalue weighted by Crippen LogP contribution is -2.31. The van der Waals surface area contributed by atoms with Gasteiger partial charge in [0.2, 0.25) is 0 Å². The monoisotopic (exact) mass is 252 g/mol. The molecular weight excluding hydrogens is 235 g/mol. The number of hydrogen-bond donors (Lipinski definition) is 0. The van der Waals surface area contributed by atoms with E-state index in [-0.39, 0.29) is 25.2 Å². The number of hydrogen-bond acceptors (Lipinski definition) is 3. The first-order chi connectivity index (χ1) is 8.50. The first-order valence-corrected chi connectivity index (χ1v) is 6.03. The topological polar surface area (TPSA) is 35.5 Å². The van der Waals surface area contributed by atoms with Gasteiger partial charge < -0.3 is 9.47 Å². The zero-order valence-electron chi connectivity index (χ0n) is 10.6. The number of carbonyl (C=O) groups is 1. The molecule has 3 unspecified atom stereocenters. The van der Waals surface area contributed by atoms with Crippen molar-refractivity contribution in [2.45, 2.75) is 25.6 Å². The fourth-order valence-corrected chi connectivity index (χ4v) is 1.94. The summed E-state index contributed by atoms with van der Waals surface area (Å²) in [4.78, 5) is 11.7. The van der Waals surface area contributed by atoms with Crippen LogP contribution in [0.2, 0.25) is 0 Å². The molecule has 1 fully saturated rings. The molecule has 1 heterocycles. The number of alkyl halides is 1. The van der Waals surface area contributed by atoms with Crippen molar-refractivity contribution in [1.82, 2.24) is 0 Å². The molecule has 0 radical (unpaired) electrons. The molecule has 3 nitrogen and oxygen atoms in total. The molecule has 1 aliphatic rings. The zero-order chi connectivity index (χ0) is 13.2. The van der Waals surface area contributed by atoms with Crippen molar-refractivity contribution in [2.24, 2.45) is 5.92 Å². The van der Waals surface area contributed by atoms with Gasteiger partial charge in [0.1, 0.15) is 12.3 Å². The van der Waals surface area contributed by atoms with Gasteiger partial charge in [0, 0.05) is 5.92 Å². The van der Waals surface area contributed by atoms with E-state index in [0.29, 0.717) is 5.56 Å². The third-order valence-corrected chi connectivity index (χ3v) is 3.47. The van der Waals surface area contributed by atoms with E-state index in [1.165, 1.54) is 6.92 Å². The Balaban J connectivity index is 1.88. The van der Waals surface area contributed by atoms with E-state index < -0.39 is 11.6 Å². The highest BCUT2D eigenvalue weighted by Crippen LogP contribution is 2.33. The molecule has 0 amide bonds. The average molecular weight is 252 g/mol. The molecule has 0 aromatic heterocycles. The molecule has 0 spiro atoms.